The second-order valence-electron chi connectivity index (χ2n) is 3.86. The zero-order valence-corrected chi connectivity index (χ0v) is 11.0. The molecule has 1 aromatic carbocycles. The Morgan fingerprint density at radius 3 is 2.71 bits per heavy atom. The van der Waals surface area contributed by atoms with Crippen molar-refractivity contribution in [3.05, 3.63) is 41.7 Å². The molecule has 0 bridgehead atoms. The zero-order chi connectivity index (χ0) is 12.3. The molecular weight excluding hydrogens is 230 g/mol. The normalized spacial score (nSPS) is 10.3. The highest BCUT2D eigenvalue weighted by Gasteiger charge is 2.04. The SMILES string of the molecule is CNc1cc(Sc2cc(C)ccc2C)ncn1. The smallest absolute Gasteiger partial charge is 0.130 e. The molecule has 0 aliphatic rings. The van der Waals surface area contributed by atoms with Gasteiger partial charge in [0.05, 0.1) is 0 Å². The van der Waals surface area contributed by atoms with E-state index in [2.05, 4.69) is 47.3 Å². The molecule has 4 heteroatoms. The molecule has 1 heterocycles. The highest BCUT2D eigenvalue weighted by molar-refractivity contribution is 7.99. The maximum Gasteiger partial charge on any atom is 0.130 e. The number of benzene rings is 1. The van der Waals surface area contributed by atoms with Crippen molar-refractivity contribution in [2.75, 3.05) is 12.4 Å². The minimum atomic E-state index is 0.841. The second-order valence-corrected chi connectivity index (χ2v) is 4.92. The van der Waals surface area contributed by atoms with Crippen LogP contribution in [0.3, 0.4) is 0 Å². The lowest BCUT2D eigenvalue weighted by Crippen LogP contribution is -1.93. The third kappa shape index (κ3) is 2.97. The van der Waals surface area contributed by atoms with Gasteiger partial charge in [-0.15, -0.1) is 0 Å². The Kier molecular flexibility index (Phi) is 3.64. The summed E-state index contributed by atoms with van der Waals surface area (Å²) in [5, 5.41) is 3.97. The van der Waals surface area contributed by atoms with Crippen LogP contribution < -0.4 is 5.32 Å². The standard InChI is InChI=1S/C13H15N3S/c1-9-4-5-10(2)11(6-9)17-13-7-12(14-3)15-8-16-13/h4-8H,1-3H3,(H,14,15,16). The number of hydrogen-bond donors (Lipinski definition) is 1. The number of nitrogens with zero attached hydrogens (tertiary/aromatic N) is 2. The highest BCUT2D eigenvalue weighted by atomic mass is 32.2. The van der Waals surface area contributed by atoms with Crippen molar-refractivity contribution in [1.29, 1.82) is 0 Å². The first-order valence-corrected chi connectivity index (χ1v) is 6.25. The molecule has 0 atom stereocenters. The van der Waals surface area contributed by atoms with Gasteiger partial charge in [-0.3, -0.25) is 0 Å². The molecule has 0 amide bonds. The molecule has 17 heavy (non-hydrogen) atoms. The molecule has 0 radical (unpaired) electrons. The Labute approximate surface area is 106 Å². The van der Waals surface area contributed by atoms with E-state index in [-0.39, 0.29) is 0 Å². The van der Waals surface area contributed by atoms with Crippen LogP contribution in [0.5, 0.6) is 0 Å². The number of aryl methyl sites for hydroxylation is 2. The summed E-state index contributed by atoms with van der Waals surface area (Å²) >= 11 is 1.67. The summed E-state index contributed by atoms with van der Waals surface area (Å²) in [6.45, 7) is 4.21. The molecule has 0 saturated heterocycles. The first kappa shape index (κ1) is 11.9. The summed E-state index contributed by atoms with van der Waals surface area (Å²) in [6.07, 6.45) is 1.58. The topological polar surface area (TPSA) is 37.8 Å². The van der Waals surface area contributed by atoms with Crippen molar-refractivity contribution >= 4 is 17.6 Å². The lowest BCUT2D eigenvalue weighted by molar-refractivity contribution is 1.04. The molecule has 1 N–H and O–H groups in total. The monoisotopic (exact) mass is 245 g/mol. The van der Waals surface area contributed by atoms with Gasteiger partial charge in [0, 0.05) is 18.0 Å². The van der Waals surface area contributed by atoms with Gasteiger partial charge in [-0.25, -0.2) is 9.97 Å². The Morgan fingerprint density at radius 1 is 1.12 bits per heavy atom. The largest absolute Gasteiger partial charge is 0.373 e. The van der Waals surface area contributed by atoms with Crippen LogP contribution >= 0.6 is 11.8 Å². The molecule has 88 valence electrons. The Balaban J connectivity index is 2.27. The first-order chi connectivity index (χ1) is 8.19. The van der Waals surface area contributed by atoms with E-state index in [1.54, 1.807) is 18.1 Å². The minimum Gasteiger partial charge on any atom is -0.373 e. The van der Waals surface area contributed by atoms with Crippen molar-refractivity contribution in [2.45, 2.75) is 23.8 Å². The van der Waals surface area contributed by atoms with Crippen molar-refractivity contribution in [1.82, 2.24) is 9.97 Å². The van der Waals surface area contributed by atoms with Gasteiger partial charge in [0.1, 0.15) is 17.2 Å². The first-order valence-electron chi connectivity index (χ1n) is 5.44. The summed E-state index contributed by atoms with van der Waals surface area (Å²) in [6, 6.07) is 8.39. The third-order valence-corrected chi connectivity index (χ3v) is 3.55. The molecule has 0 fully saturated rings. The third-order valence-electron chi connectivity index (χ3n) is 2.46. The maximum absolute atomic E-state index is 4.27. The molecule has 0 spiro atoms. The van der Waals surface area contributed by atoms with Gasteiger partial charge in [0.2, 0.25) is 0 Å². The molecule has 0 unspecified atom stereocenters. The van der Waals surface area contributed by atoms with E-state index in [1.807, 2.05) is 13.1 Å². The summed E-state index contributed by atoms with van der Waals surface area (Å²) in [4.78, 5) is 9.61. The number of anilines is 1. The molecule has 0 saturated carbocycles. The zero-order valence-electron chi connectivity index (χ0n) is 10.2. The Morgan fingerprint density at radius 2 is 1.94 bits per heavy atom. The average Bonchev–Trinajstić information content (AvgIpc) is 2.34. The van der Waals surface area contributed by atoms with Gasteiger partial charge in [-0.2, -0.15) is 0 Å². The number of hydrogen-bond acceptors (Lipinski definition) is 4. The fraction of sp³-hybridized carbons (Fsp3) is 0.231. The minimum absolute atomic E-state index is 0.841. The number of rotatable bonds is 3. The van der Waals surface area contributed by atoms with Crippen LogP contribution in [-0.2, 0) is 0 Å². The predicted octanol–water partition coefficient (Wildman–Crippen LogP) is 3.29. The average molecular weight is 245 g/mol. The number of aromatic nitrogens is 2. The maximum atomic E-state index is 4.27. The van der Waals surface area contributed by atoms with E-state index in [0.29, 0.717) is 0 Å². The Hall–Kier alpha value is -1.55. The van der Waals surface area contributed by atoms with Crippen LogP contribution in [-0.4, -0.2) is 17.0 Å². The van der Waals surface area contributed by atoms with Gasteiger partial charge in [0.15, 0.2) is 0 Å². The molecule has 0 aliphatic carbocycles. The lowest BCUT2D eigenvalue weighted by Gasteiger charge is -2.06. The van der Waals surface area contributed by atoms with Crippen molar-refractivity contribution in [3.8, 4) is 0 Å². The van der Waals surface area contributed by atoms with E-state index < -0.39 is 0 Å². The second kappa shape index (κ2) is 5.19. The van der Waals surface area contributed by atoms with Gasteiger partial charge in [-0.05, 0) is 31.0 Å². The van der Waals surface area contributed by atoms with Crippen molar-refractivity contribution in [3.63, 3.8) is 0 Å². The summed E-state index contributed by atoms with van der Waals surface area (Å²) in [5.41, 5.74) is 2.53. The lowest BCUT2D eigenvalue weighted by atomic mass is 10.2. The van der Waals surface area contributed by atoms with Crippen LogP contribution in [0.1, 0.15) is 11.1 Å². The van der Waals surface area contributed by atoms with Crippen LogP contribution in [0, 0.1) is 13.8 Å². The molecule has 1 aromatic heterocycles. The molecule has 2 aromatic rings. The van der Waals surface area contributed by atoms with Gasteiger partial charge in [0.25, 0.3) is 0 Å². The molecule has 3 nitrogen and oxygen atoms in total. The van der Waals surface area contributed by atoms with Crippen LogP contribution in [0.15, 0.2) is 40.5 Å². The molecule has 2 rings (SSSR count). The molecular formula is C13H15N3S. The summed E-state index contributed by atoms with van der Waals surface area (Å²) < 4.78 is 0. The fourth-order valence-corrected chi connectivity index (χ4v) is 2.43. The van der Waals surface area contributed by atoms with Crippen LogP contribution in [0.4, 0.5) is 5.82 Å². The van der Waals surface area contributed by atoms with E-state index in [0.717, 1.165) is 10.8 Å². The predicted molar refractivity (Wildman–Crippen MR) is 71.6 cm³/mol. The van der Waals surface area contributed by atoms with E-state index in [9.17, 15) is 0 Å². The van der Waals surface area contributed by atoms with Gasteiger partial charge >= 0.3 is 0 Å². The number of nitrogens with one attached hydrogen (secondary N) is 1. The fourth-order valence-electron chi connectivity index (χ4n) is 1.46. The highest BCUT2D eigenvalue weighted by Crippen LogP contribution is 2.30. The quantitative estimate of drug-likeness (QED) is 0.842. The summed E-state index contributed by atoms with van der Waals surface area (Å²) in [7, 11) is 1.86. The van der Waals surface area contributed by atoms with Crippen LogP contribution in [0.25, 0.3) is 0 Å². The van der Waals surface area contributed by atoms with Crippen LogP contribution in [0.2, 0.25) is 0 Å². The van der Waals surface area contributed by atoms with E-state index in [1.165, 1.54) is 16.0 Å². The van der Waals surface area contributed by atoms with E-state index in [4.69, 9.17) is 0 Å². The van der Waals surface area contributed by atoms with Crippen molar-refractivity contribution < 1.29 is 0 Å². The molecule has 0 aliphatic heterocycles. The van der Waals surface area contributed by atoms with E-state index >= 15 is 0 Å². The summed E-state index contributed by atoms with van der Waals surface area (Å²) in [5.74, 6) is 0.841. The van der Waals surface area contributed by atoms with Crippen molar-refractivity contribution in [2.24, 2.45) is 0 Å². The van der Waals surface area contributed by atoms with Gasteiger partial charge < -0.3 is 5.32 Å². The Bertz CT molecular complexity index is 526. The van der Waals surface area contributed by atoms with Gasteiger partial charge in [-0.1, -0.05) is 23.9 Å².